The van der Waals surface area contributed by atoms with Crippen LogP contribution in [0.2, 0.25) is 10.0 Å². The maximum absolute atomic E-state index is 9.19. The summed E-state index contributed by atoms with van der Waals surface area (Å²) in [6, 6.07) is 4.04. The van der Waals surface area contributed by atoms with Crippen LogP contribution in [-0.2, 0) is 16.5 Å². The van der Waals surface area contributed by atoms with Crippen LogP contribution < -0.4 is 9.47 Å². The third-order valence-electron chi connectivity index (χ3n) is 5.38. The van der Waals surface area contributed by atoms with Gasteiger partial charge in [-0.3, -0.25) is 9.54 Å². The van der Waals surface area contributed by atoms with Gasteiger partial charge in [0.05, 0.1) is 23.4 Å². The Kier molecular flexibility index (Phi) is 7.52. The largest absolute Gasteiger partial charge is 0.493 e. The van der Waals surface area contributed by atoms with Crippen molar-refractivity contribution < 1.29 is 22.4 Å². The molecule has 0 atom stereocenters. The number of pyridine rings is 1. The van der Waals surface area contributed by atoms with Crippen LogP contribution >= 0.6 is 23.2 Å². The summed E-state index contributed by atoms with van der Waals surface area (Å²) >= 11 is 12.5. The Morgan fingerprint density at radius 1 is 1.13 bits per heavy atom. The van der Waals surface area contributed by atoms with Crippen molar-refractivity contribution in [2.24, 2.45) is 0 Å². The molecule has 1 aliphatic carbocycles. The van der Waals surface area contributed by atoms with E-state index >= 15 is 0 Å². The molecule has 2 heterocycles. The maximum Gasteiger partial charge on any atom is 0.261 e. The fraction of sp³-hybridized carbons (Fsp3) is 0.409. The van der Waals surface area contributed by atoms with Gasteiger partial charge in [0.2, 0.25) is 0 Å². The summed E-state index contributed by atoms with van der Waals surface area (Å²) in [5.74, 6) is 1.70. The number of halogens is 2. The van der Waals surface area contributed by atoms with Gasteiger partial charge in [-0.25, -0.2) is 0 Å². The second kappa shape index (κ2) is 9.77. The van der Waals surface area contributed by atoms with E-state index < -0.39 is 10.1 Å². The summed E-state index contributed by atoms with van der Waals surface area (Å²) in [5.41, 5.74) is 3.04. The van der Waals surface area contributed by atoms with E-state index in [1.54, 1.807) is 19.5 Å². The van der Waals surface area contributed by atoms with Crippen molar-refractivity contribution in [1.29, 1.82) is 0 Å². The monoisotopic (exact) mass is 485 g/mol. The maximum atomic E-state index is 9.19. The van der Waals surface area contributed by atoms with E-state index in [2.05, 4.69) is 17.1 Å². The van der Waals surface area contributed by atoms with Gasteiger partial charge < -0.3 is 9.47 Å². The summed E-state index contributed by atoms with van der Waals surface area (Å²) in [4.78, 5) is 4.00. The molecule has 1 fully saturated rings. The molecule has 6 nitrogen and oxygen atoms in total. The molecule has 2 aliphatic rings. The number of benzene rings is 1. The second-order valence-electron chi connectivity index (χ2n) is 7.77. The van der Waals surface area contributed by atoms with Crippen molar-refractivity contribution in [3.63, 3.8) is 0 Å². The van der Waals surface area contributed by atoms with Gasteiger partial charge in [-0.05, 0) is 37.3 Å². The number of nitrogens with zero attached hydrogens (tertiary/aromatic N) is 1. The van der Waals surface area contributed by atoms with Crippen LogP contribution in [0, 0.1) is 0 Å². The second-order valence-corrected chi connectivity index (χ2v) is 10.1. The molecule has 168 valence electrons. The normalized spacial score (nSPS) is 17.1. The lowest BCUT2D eigenvalue weighted by atomic mass is 9.81. The zero-order valence-corrected chi connectivity index (χ0v) is 19.7. The van der Waals surface area contributed by atoms with Gasteiger partial charge in [-0.2, -0.15) is 8.42 Å². The SMILES string of the molecule is COc1ccc(C=Cc2c(Cl)cncc2Cl)c2c1OC1(CCCCC1)C2.CS(=O)(=O)O. The molecule has 0 amide bonds. The van der Waals surface area contributed by atoms with Crippen molar-refractivity contribution in [2.45, 2.75) is 44.1 Å². The Hall–Kier alpha value is -1.80. The summed E-state index contributed by atoms with van der Waals surface area (Å²) in [6.45, 7) is 0. The third kappa shape index (κ3) is 6.13. The summed E-state index contributed by atoms with van der Waals surface area (Å²) < 4.78 is 37.9. The number of hydrogen-bond donors (Lipinski definition) is 1. The highest BCUT2D eigenvalue weighted by molar-refractivity contribution is 7.85. The molecule has 1 aliphatic heterocycles. The molecule has 1 saturated carbocycles. The Labute approximate surface area is 192 Å². The zero-order valence-electron chi connectivity index (χ0n) is 17.4. The van der Waals surface area contributed by atoms with Crippen LogP contribution in [0.3, 0.4) is 0 Å². The van der Waals surface area contributed by atoms with Crippen LogP contribution in [0.4, 0.5) is 0 Å². The Morgan fingerprint density at radius 2 is 1.74 bits per heavy atom. The van der Waals surface area contributed by atoms with Gasteiger partial charge >= 0.3 is 0 Å². The molecule has 1 N–H and O–H groups in total. The predicted molar refractivity (Wildman–Crippen MR) is 124 cm³/mol. The fourth-order valence-corrected chi connectivity index (χ4v) is 4.53. The summed E-state index contributed by atoms with van der Waals surface area (Å²) in [6.07, 6.45) is 14.8. The highest BCUT2D eigenvalue weighted by atomic mass is 35.5. The Balaban J connectivity index is 0.000000491. The van der Waals surface area contributed by atoms with E-state index in [0.29, 0.717) is 16.3 Å². The first-order valence-electron chi connectivity index (χ1n) is 9.90. The fourth-order valence-electron chi connectivity index (χ4n) is 4.04. The average molecular weight is 486 g/mol. The molecule has 31 heavy (non-hydrogen) atoms. The van der Waals surface area contributed by atoms with Gasteiger partial charge in [0.25, 0.3) is 10.1 Å². The van der Waals surface area contributed by atoms with Crippen molar-refractivity contribution in [2.75, 3.05) is 13.4 Å². The minimum atomic E-state index is -3.67. The molecule has 2 aromatic rings. The van der Waals surface area contributed by atoms with Crippen molar-refractivity contribution in [3.8, 4) is 11.5 Å². The minimum Gasteiger partial charge on any atom is -0.493 e. The van der Waals surface area contributed by atoms with Gasteiger partial charge in [-0.15, -0.1) is 0 Å². The highest BCUT2D eigenvalue weighted by Gasteiger charge is 2.42. The Morgan fingerprint density at radius 3 is 2.32 bits per heavy atom. The minimum absolute atomic E-state index is 0.0657. The van der Waals surface area contributed by atoms with Crippen LogP contribution in [0.25, 0.3) is 12.2 Å². The molecule has 1 spiro atoms. The first-order chi connectivity index (χ1) is 14.6. The first-order valence-corrected chi connectivity index (χ1v) is 12.5. The Bertz CT molecular complexity index is 1050. The van der Waals surface area contributed by atoms with Crippen LogP contribution in [0.1, 0.15) is 48.8 Å². The smallest absolute Gasteiger partial charge is 0.261 e. The molecule has 9 heteroatoms. The predicted octanol–water partition coefficient (Wildman–Crippen LogP) is 5.71. The summed E-state index contributed by atoms with van der Waals surface area (Å²) in [5, 5.41) is 1.08. The number of methoxy groups -OCH3 is 1. The van der Waals surface area contributed by atoms with Gasteiger partial charge in [0, 0.05) is 29.9 Å². The van der Waals surface area contributed by atoms with E-state index in [0.717, 1.165) is 41.9 Å². The quantitative estimate of drug-likeness (QED) is 0.560. The van der Waals surface area contributed by atoms with E-state index in [9.17, 15) is 8.42 Å². The molecule has 0 saturated heterocycles. The number of ether oxygens (including phenoxy) is 2. The molecular formula is C22H25Cl2NO5S. The van der Waals surface area contributed by atoms with Crippen LogP contribution in [0.15, 0.2) is 24.5 Å². The molecule has 0 bridgehead atoms. The van der Waals surface area contributed by atoms with Crippen molar-refractivity contribution in [3.05, 3.63) is 51.3 Å². The average Bonchev–Trinajstić information content (AvgIpc) is 3.05. The van der Waals surface area contributed by atoms with E-state index in [1.807, 2.05) is 12.1 Å². The number of aromatic nitrogens is 1. The lowest BCUT2D eigenvalue weighted by Gasteiger charge is -2.32. The number of hydrogen-bond acceptors (Lipinski definition) is 5. The molecule has 0 radical (unpaired) electrons. The summed E-state index contributed by atoms with van der Waals surface area (Å²) in [7, 11) is -1.98. The van der Waals surface area contributed by atoms with Gasteiger partial charge in [0.1, 0.15) is 5.60 Å². The van der Waals surface area contributed by atoms with Crippen molar-refractivity contribution in [1.82, 2.24) is 4.98 Å². The van der Waals surface area contributed by atoms with Crippen LogP contribution in [0.5, 0.6) is 11.5 Å². The van der Waals surface area contributed by atoms with E-state index in [4.69, 9.17) is 37.2 Å². The lowest BCUT2D eigenvalue weighted by molar-refractivity contribution is 0.0507. The van der Waals surface area contributed by atoms with Crippen LogP contribution in [-0.4, -0.2) is 36.9 Å². The van der Waals surface area contributed by atoms with E-state index in [-0.39, 0.29) is 5.60 Å². The number of rotatable bonds is 3. The van der Waals surface area contributed by atoms with E-state index in [1.165, 1.54) is 24.8 Å². The standard InChI is InChI=1S/C21H21Cl2NO2.CH4O3S/c1-25-19-8-6-14(5-7-15-17(22)12-24-13-18(15)23)16-11-21(26-20(16)19)9-3-2-4-10-21;1-5(2,3)4/h5-8,12-13H,2-4,9-11H2,1H3;1H3,(H,2,3,4). The third-order valence-corrected chi connectivity index (χ3v) is 5.99. The highest BCUT2D eigenvalue weighted by Crippen LogP contribution is 2.49. The van der Waals surface area contributed by atoms with Gasteiger partial charge in [0.15, 0.2) is 11.5 Å². The van der Waals surface area contributed by atoms with Gasteiger partial charge in [-0.1, -0.05) is 47.8 Å². The molecule has 1 aromatic carbocycles. The lowest BCUT2D eigenvalue weighted by Crippen LogP contribution is -2.36. The number of fused-ring (bicyclic) bond motifs is 1. The molecule has 0 unspecified atom stereocenters. The zero-order chi connectivity index (χ0) is 22.6. The van der Waals surface area contributed by atoms with Crippen molar-refractivity contribution >= 4 is 45.5 Å². The first kappa shape index (κ1) is 23.9. The molecular weight excluding hydrogens is 461 g/mol. The topological polar surface area (TPSA) is 85.7 Å². The molecule has 1 aromatic heterocycles. The molecule has 4 rings (SSSR count).